The molecule has 2 unspecified atom stereocenters. The van der Waals surface area contributed by atoms with Crippen LogP contribution < -0.4 is 0 Å². The van der Waals surface area contributed by atoms with Gasteiger partial charge in [0.25, 0.3) is 0 Å². The Morgan fingerprint density at radius 3 is 1.33 bits per heavy atom. The predicted octanol–water partition coefficient (Wildman–Crippen LogP) is -2.61. The van der Waals surface area contributed by atoms with E-state index in [1.54, 1.807) is 0 Å². The maximum absolute atomic E-state index is 8.63. The number of aliphatic hydroxyl groups is 4. The van der Waals surface area contributed by atoms with E-state index in [-0.39, 0.29) is 13.2 Å². The fourth-order valence-electron chi connectivity index (χ4n) is 0.877. The van der Waals surface area contributed by atoms with Crippen LogP contribution >= 0.6 is 0 Å². The minimum absolute atomic E-state index is 0.0556. The van der Waals surface area contributed by atoms with Crippen molar-refractivity contribution in [1.29, 1.82) is 0 Å². The minimum atomic E-state index is -1.60. The molecule has 0 aliphatic carbocycles. The Morgan fingerprint density at radius 1 is 0.833 bits per heavy atom. The fourth-order valence-corrected chi connectivity index (χ4v) is 0.877. The molecule has 4 N–H and O–H groups in total. The highest BCUT2D eigenvalue weighted by molar-refractivity contribution is 4.69. The van der Waals surface area contributed by atoms with Gasteiger partial charge in [-0.05, 0) is 0 Å². The molecule has 0 radical (unpaired) electrons. The maximum Gasteiger partial charge on any atom is 0.180 e. The van der Waals surface area contributed by atoms with E-state index in [4.69, 9.17) is 29.9 Å². The first kappa shape index (κ1) is 9.85. The highest BCUT2D eigenvalue weighted by atomic mass is 16.6. The summed E-state index contributed by atoms with van der Waals surface area (Å²) in [5.41, 5.74) is 0. The second kappa shape index (κ2) is 4.13. The molecule has 12 heavy (non-hydrogen) atoms. The Kier molecular flexibility index (Phi) is 3.39. The molecule has 72 valence electrons. The molecule has 0 aromatic carbocycles. The molecule has 0 spiro atoms. The van der Waals surface area contributed by atoms with Crippen LogP contribution in [-0.2, 0) is 9.47 Å². The van der Waals surface area contributed by atoms with Gasteiger partial charge in [0.05, 0.1) is 13.2 Å². The Hall–Kier alpha value is -0.240. The van der Waals surface area contributed by atoms with Crippen LogP contribution in [0.15, 0.2) is 0 Å². The van der Waals surface area contributed by atoms with E-state index in [0.29, 0.717) is 0 Å². The molecule has 1 aliphatic rings. The van der Waals surface area contributed by atoms with Crippen molar-refractivity contribution in [1.82, 2.24) is 0 Å². The van der Waals surface area contributed by atoms with Crippen LogP contribution in [-0.4, -0.2) is 58.4 Å². The third-order valence-electron chi connectivity index (χ3n) is 1.61. The summed E-state index contributed by atoms with van der Waals surface area (Å²) in [6.45, 7) is -0.111. The van der Waals surface area contributed by atoms with Crippen LogP contribution in [0.2, 0.25) is 0 Å². The van der Waals surface area contributed by atoms with E-state index in [0.717, 1.165) is 0 Å². The number of rotatable bonds is 2. The van der Waals surface area contributed by atoms with Gasteiger partial charge in [-0.3, -0.25) is 0 Å². The topological polar surface area (TPSA) is 99.4 Å². The molecule has 0 saturated carbocycles. The summed E-state index contributed by atoms with van der Waals surface area (Å²) in [4.78, 5) is 0. The number of hydrogen-bond donors (Lipinski definition) is 4. The van der Waals surface area contributed by atoms with Crippen LogP contribution in [0.4, 0.5) is 0 Å². The highest BCUT2D eigenvalue weighted by Gasteiger charge is 2.29. The van der Waals surface area contributed by atoms with Crippen LogP contribution in [0.1, 0.15) is 0 Å². The Labute approximate surface area is 69.0 Å². The zero-order valence-corrected chi connectivity index (χ0v) is 6.33. The number of aliphatic hydroxyl groups excluding tert-OH is 2. The van der Waals surface area contributed by atoms with Crippen LogP contribution in [0.3, 0.4) is 0 Å². The van der Waals surface area contributed by atoms with Gasteiger partial charge in [0, 0.05) is 0 Å². The van der Waals surface area contributed by atoms with Gasteiger partial charge in [0.15, 0.2) is 12.6 Å². The van der Waals surface area contributed by atoms with Gasteiger partial charge in [0.2, 0.25) is 0 Å². The van der Waals surface area contributed by atoms with E-state index >= 15 is 0 Å². The molecule has 0 bridgehead atoms. The lowest BCUT2D eigenvalue weighted by Gasteiger charge is -2.30. The molecule has 0 aromatic heterocycles. The van der Waals surface area contributed by atoms with Gasteiger partial charge in [-0.1, -0.05) is 0 Å². The van der Waals surface area contributed by atoms with Gasteiger partial charge in [0.1, 0.15) is 12.2 Å². The third-order valence-corrected chi connectivity index (χ3v) is 1.61. The molecule has 6 nitrogen and oxygen atoms in total. The van der Waals surface area contributed by atoms with Crippen molar-refractivity contribution in [3.8, 4) is 0 Å². The summed E-state index contributed by atoms with van der Waals surface area (Å²) in [6.07, 6.45) is -4.80. The second-order valence-electron chi connectivity index (χ2n) is 2.57. The molecule has 0 amide bonds. The first-order chi connectivity index (χ1) is 5.61. The predicted molar refractivity (Wildman–Crippen MR) is 35.9 cm³/mol. The number of hydrogen-bond acceptors (Lipinski definition) is 6. The zero-order valence-electron chi connectivity index (χ0n) is 6.33. The summed E-state index contributed by atoms with van der Waals surface area (Å²) in [5, 5.41) is 34.5. The van der Waals surface area contributed by atoms with Gasteiger partial charge < -0.3 is 29.9 Å². The Morgan fingerprint density at radius 2 is 1.17 bits per heavy atom. The molecule has 1 fully saturated rings. The normalized spacial score (nSPS) is 31.5. The van der Waals surface area contributed by atoms with E-state index in [9.17, 15) is 0 Å². The van der Waals surface area contributed by atoms with Crippen molar-refractivity contribution >= 4 is 0 Å². The standard InChI is InChI=1S/C6H12O6/c7-5(8)3-1-11-4(2-12-3)6(9)10/h3-10H,1-2H2. The fraction of sp³-hybridized carbons (Fsp3) is 1.00. The molecular formula is C6H12O6. The zero-order chi connectivity index (χ0) is 9.14. The monoisotopic (exact) mass is 180 g/mol. The smallest absolute Gasteiger partial charge is 0.180 e. The van der Waals surface area contributed by atoms with Crippen molar-refractivity contribution < 1.29 is 29.9 Å². The van der Waals surface area contributed by atoms with E-state index in [1.807, 2.05) is 0 Å². The molecule has 6 heteroatoms. The molecule has 2 atom stereocenters. The molecule has 1 heterocycles. The van der Waals surface area contributed by atoms with Crippen molar-refractivity contribution in [2.24, 2.45) is 0 Å². The van der Waals surface area contributed by atoms with Crippen LogP contribution in [0.5, 0.6) is 0 Å². The summed E-state index contributed by atoms with van der Waals surface area (Å²) >= 11 is 0. The average Bonchev–Trinajstić information content (AvgIpc) is 2.04. The van der Waals surface area contributed by atoms with E-state index in [2.05, 4.69) is 0 Å². The van der Waals surface area contributed by atoms with Crippen LogP contribution in [0, 0.1) is 0 Å². The third kappa shape index (κ3) is 2.37. The largest absolute Gasteiger partial charge is 0.368 e. The van der Waals surface area contributed by atoms with E-state index in [1.165, 1.54) is 0 Å². The first-order valence-electron chi connectivity index (χ1n) is 3.56. The minimum Gasteiger partial charge on any atom is -0.368 e. The lowest BCUT2D eigenvalue weighted by molar-refractivity contribution is -0.253. The van der Waals surface area contributed by atoms with Gasteiger partial charge in [-0.25, -0.2) is 0 Å². The highest BCUT2D eigenvalue weighted by Crippen LogP contribution is 2.11. The molecule has 1 aliphatic heterocycles. The average molecular weight is 180 g/mol. The Balaban J connectivity index is 2.30. The van der Waals surface area contributed by atoms with E-state index < -0.39 is 24.8 Å². The van der Waals surface area contributed by atoms with Gasteiger partial charge in [-0.2, -0.15) is 0 Å². The summed E-state index contributed by atoms with van der Waals surface area (Å²) in [7, 11) is 0. The quantitative estimate of drug-likeness (QED) is 0.347. The lowest BCUT2D eigenvalue weighted by Crippen LogP contribution is -2.46. The van der Waals surface area contributed by atoms with Crippen molar-refractivity contribution in [3.63, 3.8) is 0 Å². The van der Waals surface area contributed by atoms with Gasteiger partial charge in [-0.15, -0.1) is 0 Å². The van der Waals surface area contributed by atoms with Crippen LogP contribution in [0.25, 0.3) is 0 Å². The summed E-state index contributed by atoms with van der Waals surface area (Å²) < 4.78 is 9.74. The summed E-state index contributed by atoms with van der Waals surface area (Å²) in [6, 6.07) is 0. The first-order valence-corrected chi connectivity index (χ1v) is 3.56. The SMILES string of the molecule is OC(O)C1COC(C(O)O)CO1. The maximum atomic E-state index is 8.63. The molecular weight excluding hydrogens is 168 g/mol. The number of ether oxygens (including phenoxy) is 2. The van der Waals surface area contributed by atoms with Crippen molar-refractivity contribution in [3.05, 3.63) is 0 Å². The van der Waals surface area contributed by atoms with Crippen molar-refractivity contribution in [2.75, 3.05) is 13.2 Å². The lowest BCUT2D eigenvalue weighted by atomic mass is 10.3. The van der Waals surface area contributed by atoms with Crippen molar-refractivity contribution in [2.45, 2.75) is 24.8 Å². The second-order valence-corrected chi connectivity index (χ2v) is 2.57. The molecule has 0 aromatic rings. The van der Waals surface area contributed by atoms with Gasteiger partial charge >= 0.3 is 0 Å². The molecule has 1 saturated heterocycles. The Bertz CT molecular complexity index is 112. The molecule has 1 rings (SSSR count). The summed E-state index contributed by atoms with van der Waals surface area (Å²) in [5.74, 6) is 0.